The van der Waals surface area contributed by atoms with Crippen LogP contribution in [0.2, 0.25) is 0 Å². The molecule has 29 heavy (non-hydrogen) atoms. The van der Waals surface area contributed by atoms with Crippen molar-refractivity contribution in [2.75, 3.05) is 0 Å². The van der Waals surface area contributed by atoms with Crippen LogP contribution >= 0.6 is 0 Å². The highest BCUT2D eigenvalue weighted by molar-refractivity contribution is 6.05. The summed E-state index contributed by atoms with van der Waals surface area (Å²) in [6, 6.07) is 0. The van der Waals surface area contributed by atoms with Crippen LogP contribution in [0.5, 0.6) is 0 Å². The molecule has 0 amide bonds. The monoisotopic (exact) mass is 404 g/mol. The highest BCUT2D eigenvalue weighted by Gasteiger charge is 2.74. The zero-order valence-corrected chi connectivity index (χ0v) is 17.8. The molecule has 0 saturated heterocycles. The van der Waals surface area contributed by atoms with Crippen molar-refractivity contribution in [2.24, 2.45) is 5.41 Å². The summed E-state index contributed by atoms with van der Waals surface area (Å²) in [6.07, 6.45) is 3.04. The van der Waals surface area contributed by atoms with E-state index in [0.717, 1.165) is 0 Å². The van der Waals surface area contributed by atoms with Gasteiger partial charge >= 0.3 is 11.9 Å². The van der Waals surface area contributed by atoms with Crippen LogP contribution in [0.15, 0.2) is 22.3 Å². The fraction of sp³-hybridized carbons (Fsp3) is 0.591. The maximum atomic E-state index is 13.6. The lowest BCUT2D eigenvalue weighted by Crippen LogP contribution is -2.71. The molecule has 1 saturated carbocycles. The number of carbonyl (C=O) groups is 3. The van der Waals surface area contributed by atoms with E-state index >= 15 is 0 Å². The van der Waals surface area contributed by atoms with Gasteiger partial charge in [0.1, 0.15) is 6.10 Å². The zero-order valence-electron chi connectivity index (χ0n) is 17.8. The molecule has 0 unspecified atom stereocenters. The summed E-state index contributed by atoms with van der Waals surface area (Å²) in [5.41, 5.74) is -3.13. The molecule has 0 radical (unpaired) electrons. The Hall–Kier alpha value is -2.41. The Morgan fingerprint density at radius 3 is 2.52 bits per heavy atom. The van der Waals surface area contributed by atoms with Crippen molar-refractivity contribution < 1.29 is 33.4 Å². The first kappa shape index (κ1) is 21.3. The van der Waals surface area contributed by atoms with E-state index in [1.807, 2.05) is 0 Å². The number of fused-ring (bicyclic) bond motifs is 2. The van der Waals surface area contributed by atoms with Crippen molar-refractivity contribution >= 4 is 17.7 Å². The Balaban J connectivity index is 2.33. The Bertz CT molecular complexity index is 906. The minimum atomic E-state index is -1.70. The molecule has 1 N–H and O–H groups in total. The largest absolute Gasteiger partial charge is 0.460 e. The lowest BCUT2D eigenvalue weighted by molar-refractivity contribution is -0.250. The fourth-order valence-electron chi connectivity index (χ4n) is 4.85. The maximum Gasteiger partial charge on any atom is 0.334 e. The standard InChI is InChI=1S/C22H28O7/c1-7-12(2)19(25)28-18-15-13(3)11-27-16(15)17(24)22(29-14(4)23)10-8-9-20(5,26)21(18,22)6/h7,11,18,26H,8-10H2,1-6H3/b12-7-/t18-,20-,21-,22+/m1/s1. The predicted octanol–water partition coefficient (Wildman–Crippen LogP) is 3.58. The quantitative estimate of drug-likeness (QED) is 0.607. The van der Waals surface area contributed by atoms with E-state index in [0.29, 0.717) is 29.5 Å². The van der Waals surface area contributed by atoms with E-state index < -0.39 is 40.4 Å². The fourth-order valence-corrected chi connectivity index (χ4v) is 4.85. The normalized spacial score (nSPS) is 34.2. The number of rotatable bonds is 3. The van der Waals surface area contributed by atoms with Gasteiger partial charge in [0.25, 0.3) is 0 Å². The number of esters is 2. The second-order valence-electron chi connectivity index (χ2n) is 8.50. The van der Waals surface area contributed by atoms with Gasteiger partial charge in [0.15, 0.2) is 11.4 Å². The minimum Gasteiger partial charge on any atom is -0.460 e. The van der Waals surface area contributed by atoms with Crippen molar-refractivity contribution in [3.8, 4) is 0 Å². The lowest BCUT2D eigenvalue weighted by Gasteiger charge is -2.60. The molecule has 2 aliphatic carbocycles. The maximum absolute atomic E-state index is 13.6. The average molecular weight is 404 g/mol. The van der Waals surface area contributed by atoms with Gasteiger partial charge < -0.3 is 19.0 Å². The highest BCUT2D eigenvalue weighted by Crippen LogP contribution is 2.64. The third-order valence-corrected chi connectivity index (χ3v) is 6.83. The van der Waals surface area contributed by atoms with Crippen LogP contribution in [0.3, 0.4) is 0 Å². The van der Waals surface area contributed by atoms with Gasteiger partial charge in [-0.2, -0.15) is 0 Å². The third-order valence-electron chi connectivity index (χ3n) is 6.83. The van der Waals surface area contributed by atoms with Gasteiger partial charge in [0.2, 0.25) is 5.78 Å². The van der Waals surface area contributed by atoms with E-state index in [4.69, 9.17) is 13.9 Å². The van der Waals surface area contributed by atoms with Crippen molar-refractivity contribution in [3.05, 3.63) is 34.8 Å². The van der Waals surface area contributed by atoms with E-state index in [-0.39, 0.29) is 12.2 Å². The Kier molecular flexibility index (Phi) is 5.02. The van der Waals surface area contributed by atoms with Crippen LogP contribution in [0.1, 0.15) is 81.7 Å². The summed E-state index contributed by atoms with van der Waals surface area (Å²) < 4.78 is 17.1. The van der Waals surface area contributed by atoms with Crippen molar-refractivity contribution in [1.29, 1.82) is 0 Å². The second kappa shape index (κ2) is 6.83. The van der Waals surface area contributed by atoms with E-state index in [1.165, 1.54) is 13.2 Å². The van der Waals surface area contributed by atoms with E-state index in [2.05, 4.69) is 0 Å². The first-order valence-corrected chi connectivity index (χ1v) is 9.81. The Morgan fingerprint density at radius 1 is 1.28 bits per heavy atom. The lowest BCUT2D eigenvalue weighted by atomic mass is 9.49. The summed E-state index contributed by atoms with van der Waals surface area (Å²) >= 11 is 0. The molecule has 158 valence electrons. The van der Waals surface area contributed by atoms with Crippen molar-refractivity contribution in [1.82, 2.24) is 0 Å². The smallest absolute Gasteiger partial charge is 0.334 e. The van der Waals surface area contributed by atoms with Gasteiger partial charge in [0.05, 0.1) is 17.3 Å². The zero-order chi connectivity index (χ0) is 21.8. The molecular weight excluding hydrogens is 376 g/mol. The van der Waals surface area contributed by atoms with Crippen LogP contribution < -0.4 is 0 Å². The van der Waals surface area contributed by atoms with Crippen LogP contribution in [0, 0.1) is 12.3 Å². The van der Waals surface area contributed by atoms with Gasteiger partial charge in [-0.15, -0.1) is 0 Å². The van der Waals surface area contributed by atoms with Gasteiger partial charge in [-0.05, 0) is 59.4 Å². The van der Waals surface area contributed by atoms with Crippen molar-refractivity contribution in [2.45, 2.75) is 78.1 Å². The number of furan rings is 1. The number of hydrogen-bond donors (Lipinski definition) is 1. The van der Waals surface area contributed by atoms with E-state index in [9.17, 15) is 19.5 Å². The number of carbonyl (C=O) groups excluding carboxylic acids is 3. The number of Topliss-reactive ketones (excluding diaryl/α,β-unsaturated/α-hetero) is 1. The number of ether oxygens (including phenoxy) is 2. The molecule has 4 atom stereocenters. The van der Waals surface area contributed by atoms with Crippen LogP contribution in [0.25, 0.3) is 0 Å². The molecule has 0 aromatic carbocycles. The molecule has 1 fully saturated rings. The van der Waals surface area contributed by atoms with Gasteiger partial charge in [-0.3, -0.25) is 9.59 Å². The summed E-state index contributed by atoms with van der Waals surface area (Å²) in [5.74, 6) is -1.72. The number of ketones is 1. The molecule has 1 aromatic heterocycles. The molecule has 3 rings (SSSR count). The Labute approximate surface area is 170 Å². The Morgan fingerprint density at radius 2 is 1.93 bits per heavy atom. The molecule has 7 nitrogen and oxygen atoms in total. The highest BCUT2D eigenvalue weighted by atomic mass is 16.6. The molecule has 2 aliphatic rings. The number of aliphatic hydroxyl groups is 1. The topological polar surface area (TPSA) is 103 Å². The summed E-state index contributed by atoms with van der Waals surface area (Å²) in [7, 11) is 0. The van der Waals surface area contributed by atoms with Crippen LogP contribution in [-0.2, 0) is 19.1 Å². The molecule has 1 aromatic rings. The molecule has 0 spiro atoms. The van der Waals surface area contributed by atoms with Crippen molar-refractivity contribution in [3.63, 3.8) is 0 Å². The van der Waals surface area contributed by atoms with Gasteiger partial charge in [-0.1, -0.05) is 6.08 Å². The predicted molar refractivity (Wildman–Crippen MR) is 103 cm³/mol. The summed E-state index contributed by atoms with van der Waals surface area (Å²) in [5, 5.41) is 11.5. The third kappa shape index (κ3) is 2.78. The molecule has 1 heterocycles. The average Bonchev–Trinajstić information content (AvgIpc) is 3.02. The first-order chi connectivity index (χ1) is 13.4. The summed E-state index contributed by atoms with van der Waals surface area (Å²) in [4.78, 5) is 38.4. The van der Waals surface area contributed by atoms with Gasteiger partial charge in [-0.25, -0.2) is 4.79 Å². The molecule has 0 bridgehead atoms. The van der Waals surface area contributed by atoms with Crippen LogP contribution in [0.4, 0.5) is 0 Å². The van der Waals surface area contributed by atoms with E-state index in [1.54, 1.807) is 40.7 Å². The second-order valence-corrected chi connectivity index (χ2v) is 8.50. The SMILES string of the molecule is C/C=C(/C)C(=O)O[C@@H]1c2c(C)coc2C(=O)[C@@]2(OC(C)=O)CCC[C@@](C)(O)[C@@]12C. The molecule has 7 heteroatoms. The minimum absolute atomic E-state index is 0.00913. The number of aryl methyl sites for hydroxylation is 1. The number of allylic oxidation sites excluding steroid dienone is 1. The molecular formula is C22H28O7. The first-order valence-electron chi connectivity index (χ1n) is 9.81. The summed E-state index contributed by atoms with van der Waals surface area (Å²) in [6.45, 7) is 9.57. The van der Waals surface area contributed by atoms with Gasteiger partial charge in [0, 0.05) is 18.1 Å². The van der Waals surface area contributed by atoms with Crippen LogP contribution in [-0.4, -0.2) is 34.0 Å². The molecule has 0 aliphatic heterocycles. The number of hydrogen-bond acceptors (Lipinski definition) is 7.